The van der Waals surface area contributed by atoms with Crippen LogP contribution in [0.1, 0.15) is 31.0 Å². The molecule has 2 aromatic heterocycles. The van der Waals surface area contributed by atoms with Crippen LogP contribution in [0.3, 0.4) is 0 Å². The van der Waals surface area contributed by atoms with Crippen molar-refractivity contribution in [2.24, 2.45) is 12.5 Å². The molecule has 7 nitrogen and oxygen atoms in total. The first kappa shape index (κ1) is 16.8. The zero-order chi connectivity index (χ0) is 18.1. The van der Waals surface area contributed by atoms with Crippen LogP contribution in [0, 0.1) is 12.3 Å². The van der Waals surface area contributed by atoms with Gasteiger partial charge in [-0.15, -0.1) is 10.2 Å². The van der Waals surface area contributed by atoms with Gasteiger partial charge in [-0.2, -0.15) is 15.4 Å². The van der Waals surface area contributed by atoms with Crippen molar-refractivity contribution in [3.05, 3.63) is 41.6 Å². The van der Waals surface area contributed by atoms with E-state index in [9.17, 15) is 0 Å². The normalized spacial score (nSPS) is 20.0. The first-order valence-corrected chi connectivity index (χ1v) is 9.12. The third kappa shape index (κ3) is 3.09. The van der Waals surface area contributed by atoms with Gasteiger partial charge in [-0.1, -0.05) is 37.3 Å². The van der Waals surface area contributed by atoms with E-state index >= 15 is 0 Å². The highest BCUT2D eigenvalue weighted by atomic mass is 15.4. The third-order valence-electron chi connectivity index (χ3n) is 5.49. The Morgan fingerprint density at radius 2 is 1.96 bits per heavy atom. The van der Waals surface area contributed by atoms with Crippen molar-refractivity contribution >= 4 is 5.95 Å². The molecule has 4 rings (SSSR count). The van der Waals surface area contributed by atoms with Crippen LogP contribution < -0.4 is 4.90 Å². The van der Waals surface area contributed by atoms with Crippen molar-refractivity contribution < 1.29 is 0 Å². The van der Waals surface area contributed by atoms with Gasteiger partial charge in [-0.25, -0.2) is 0 Å². The van der Waals surface area contributed by atoms with Gasteiger partial charge in [-0.3, -0.25) is 4.57 Å². The van der Waals surface area contributed by atoms with Crippen LogP contribution in [-0.4, -0.2) is 43.3 Å². The van der Waals surface area contributed by atoms with Crippen LogP contribution in [0.15, 0.2) is 30.3 Å². The maximum Gasteiger partial charge on any atom is 0.227 e. The summed E-state index contributed by atoms with van der Waals surface area (Å²) in [6, 6.07) is 10.7. The number of rotatable bonds is 5. The molecule has 0 bridgehead atoms. The van der Waals surface area contributed by atoms with E-state index in [1.54, 1.807) is 0 Å². The highest BCUT2D eigenvalue weighted by Crippen LogP contribution is 2.37. The summed E-state index contributed by atoms with van der Waals surface area (Å²) >= 11 is 0. The molecule has 1 atom stereocenters. The van der Waals surface area contributed by atoms with Gasteiger partial charge < -0.3 is 4.90 Å². The van der Waals surface area contributed by atoms with E-state index in [4.69, 9.17) is 0 Å². The maximum atomic E-state index is 4.44. The molecule has 1 N–H and O–H groups in total. The van der Waals surface area contributed by atoms with Gasteiger partial charge in [0.05, 0.1) is 5.69 Å². The largest absolute Gasteiger partial charge is 0.340 e. The Labute approximate surface area is 153 Å². The number of aromatic amines is 1. The van der Waals surface area contributed by atoms with Gasteiger partial charge in [0.2, 0.25) is 5.95 Å². The highest BCUT2D eigenvalue weighted by molar-refractivity contribution is 5.54. The number of hydrogen-bond donors (Lipinski definition) is 1. The summed E-state index contributed by atoms with van der Waals surface area (Å²) < 4.78 is 2.02. The van der Waals surface area contributed by atoms with Crippen molar-refractivity contribution in [1.82, 2.24) is 30.2 Å². The van der Waals surface area contributed by atoms with E-state index in [2.05, 4.69) is 67.8 Å². The summed E-state index contributed by atoms with van der Waals surface area (Å²) in [7, 11) is 2.00. The quantitative estimate of drug-likeness (QED) is 0.765. The van der Waals surface area contributed by atoms with Crippen LogP contribution >= 0.6 is 0 Å². The Morgan fingerprint density at radius 1 is 1.15 bits per heavy atom. The Balaban J connectivity index is 1.47. The van der Waals surface area contributed by atoms with E-state index in [1.165, 1.54) is 18.4 Å². The molecule has 0 radical (unpaired) electrons. The minimum Gasteiger partial charge on any atom is -0.340 e. The van der Waals surface area contributed by atoms with E-state index in [0.717, 1.165) is 42.7 Å². The molecule has 3 heterocycles. The highest BCUT2D eigenvalue weighted by Gasteiger charge is 2.35. The molecular weight excluding hydrogens is 326 g/mol. The molecule has 26 heavy (non-hydrogen) atoms. The number of anilines is 1. The fraction of sp³-hybridized carbons (Fsp3) is 0.474. The molecule has 7 heteroatoms. The van der Waals surface area contributed by atoms with E-state index in [-0.39, 0.29) is 0 Å². The molecule has 0 spiro atoms. The third-order valence-corrected chi connectivity index (χ3v) is 5.49. The molecule has 1 unspecified atom stereocenters. The van der Waals surface area contributed by atoms with Crippen molar-refractivity contribution in [3.63, 3.8) is 0 Å². The average Bonchev–Trinajstić information content (AvgIpc) is 3.33. The van der Waals surface area contributed by atoms with Crippen LogP contribution in [0.2, 0.25) is 0 Å². The molecule has 1 fully saturated rings. The summed E-state index contributed by atoms with van der Waals surface area (Å²) in [6.45, 7) is 6.32. The summed E-state index contributed by atoms with van der Waals surface area (Å²) in [5.74, 6) is 1.66. The lowest BCUT2D eigenvalue weighted by Gasteiger charge is -2.25. The van der Waals surface area contributed by atoms with Gasteiger partial charge in [0, 0.05) is 20.1 Å². The second kappa shape index (κ2) is 6.55. The number of nitrogens with one attached hydrogen (secondary N) is 1. The molecule has 1 aromatic carbocycles. The smallest absolute Gasteiger partial charge is 0.227 e. The minimum absolute atomic E-state index is 0.297. The zero-order valence-electron chi connectivity index (χ0n) is 15.6. The van der Waals surface area contributed by atoms with Gasteiger partial charge >= 0.3 is 0 Å². The van der Waals surface area contributed by atoms with Crippen molar-refractivity contribution in [2.75, 3.05) is 18.0 Å². The summed E-state index contributed by atoms with van der Waals surface area (Å²) in [6.07, 6.45) is 3.47. The molecule has 0 amide bonds. The first-order chi connectivity index (χ1) is 12.6. The maximum absolute atomic E-state index is 4.44. The standard InChI is InChI=1S/C19H25N7/c1-14-16(21-24-20-14)17-22-23-18(25(17)3)26-12-11-19(2,13-26)10-9-15-7-5-4-6-8-15/h4-8H,9-13H2,1-3H3,(H,20,21,24). The molecule has 1 aliphatic heterocycles. The Bertz CT molecular complexity index is 882. The van der Waals surface area contributed by atoms with Crippen molar-refractivity contribution in [3.8, 4) is 11.5 Å². The predicted molar refractivity (Wildman–Crippen MR) is 101 cm³/mol. The Kier molecular flexibility index (Phi) is 4.22. The summed E-state index contributed by atoms with van der Waals surface area (Å²) in [4.78, 5) is 2.34. The fourth-order valence-electron chi connectivity index (χ4n) is 3.79. The van der Waals surface area contributed by atoms with Gasteiger partial charge in [-0.05, 0) is 37.2 Å². The number of benzene rings is 1. The topological polar surface area (TPSA) is 75.5 Å². The molecule has 136 valence electrons. The number of H-pyrrole nitrogens is 1. The van der Waals surface area contributed by atoms with Gasteiger partial charge in [0.15, 0.2) is 11.5 Å². The minimum atomic E-state index is 0.297. The number of hydrogen-bond acceptors (Lipinski definition) is 5. The number of aryl methyl sites for hydroxylation is 2. The Morgan fingerprint density at radius 3 is 2.69 bits per heavy atom. The molecule has 0 saturated carbocycles. The van der Waals surface area contributed by atoms with Crippen LogP contribution in [0.25, 0.3) is 11.5 Å². The fourth-order valence-corrected chi connectivity index (χ4v) is 3.79. The number of nitrogens with zero attached hydrogens (tertiary/aromatic N) is 6. The first-order valence-electron chi connectivity index (χ1n) is 9.12. The summed E-state index contributed by atoms with van der Waals surface area (Å²) in [5.41, 5.74) is 3.30. The van der Waals surface area contributed by atoms with Crippen LogP contribution in [0.5, 0.6) is 0 Å². The predicted octanol–water partition coefficient (Wildman–Crippen LogP) is 2.76. The summed E-state index contributed by atoms with van der Waals surface area (Å²) in [5, 5.41) is 19.7. The SMILES string of the molecule is Cc1n[nH]nc1-c1nnc(N2CCC(C)(CCc3ccccc3)C2)n1C. The second-order valence-corrected chi connectivity index (χ2v) is 7.61. The second-order valence-electron chi connectivity index (χ2n) is 7.61. The van der Waals surface area contributed by atoms with Crippen LogP contribution in [0.4, 0.5) is 5.95 Å². The van der Waals surface area contributed by atoms with Crippen molar-refractivity contribution in [2.45, 2.75) is 33.1 Å². The monoisotopic (exact) mass is 351 g/mol. The lowest BCUT2D eigenvalue weighted by molar-refractivity contribution is 0.338. The molecular formula is C19H25N7. The lowest BCUT2D eigenvalue weighted by Crippen LogP contribution is -2.27. The molecule has 3 aromatic rings. The number of aromatic nitrogens is 6. The Hall–Kier alpha value is -2.70. The zero-order valence-corrected chi connectivity index (χ0v) is 15.6. The van der Waals surface area contributed by atoms with Gasteiger partial charge in [0.1, 0.15) is 0 Å². The van der Waals surface area contributed by atoms with E-state index < -0.39 is 0 Å². The molecule has 0 aliphatic carbocycles. The molecule has 1 saturated heterocycles. The van der Waals surface area contributed by atoms with Gasteiger partial charge in [0.25, 0.3) is 0 Å². The lowest BCUT2D eigenvalue weighted by atomic mass is 9.83. The molecule has 1 aliphatic rings. The average molecular weight is 351 g/mol. The van der Waals surface area contributed by atoms with Crippen molar-refractivity contribution in [1.29, 1.82) is 0 Å². The van der Waals surface area contributed by atoms with E-state index in [0.29, 0.717) is 5.41 Å². The van der Waals surface area contributed by atoms with Crippen LogP contribution in [-0.2, 0) is 13.5 Å². The van der Waals surface area contributed by atoms with E-state index in [1.807, 2.05) is 18.5 Å².